The first kappa shape index (κ1) is 18.4. The molecule has 2 aromatic heterocycles. The molecule has 7 heteroatoms. The molecule has 0 saturated heterocycles. The highest BCUT2D eigenvalue weighted by Crippen LogP contribution is 2.17. The zero-order valence-corrected chi connectivity index (χ0v) is 15.6. The van der Waals surface area contributed by atoms with Crippen LogP contribution in [0.3, 0.4) is 0 Å². The van der Waals surface area contributed by atoms with Crippen LogP contribution in [-0.4, -0.2) is 25.5 Å². The van der Waals surface area contributed by atoms with Crippen molar-refractivity contribution in [3.63, 3.8) is 0 Å². The Kier molecular flexibility index (Phi) is 5.29. The van der Waals surface area contributed by atoms with Crippen LogP contribution < -0.4 is 10.5 Å². The molecule has 7 nitrogen and oxygen atoms in total. The quantitative estimate of drug-likeness (QED) is 0.512. The molecule has 144 valence electrons. The van der Waals surface area contributed by atoms with Gasteiger partial charge in [-0.1, -0.05) is 48.5 Å². The number of nitrogens with zero attached hydrogens (tertiary/aromatic N) is 5. The van der Waals surface area contributed by atoms with Crippen LogP contribution in [-0.2, 0) is 17.9 Å². The van der Waals surface area contributed by atoms with Gasteiger partial charge >= 0.3 is 0 Å². The molecule has 0 radical (unpaired) electrons. The summed E-state index contributed by atoms with van der Waals surface area (Å²) in [6, 6.07) is 23.9. The van der Waals surface area contributed by atoms with E-state index in [4.69, 9.17) is 0 Å². The summed E-state index contributed by atoms with van der Waals surface area (Å²) in [6.45, 7) is 0.229. The monoisotopic (exact) mass is 385 g/mol. The van der Waals surface area contributed by atoms with E-state index >= 15 is 0 Å². The third kappa shape index (κ3) is 4.30. The van der Waals surface area contributed by atoms with Crippen LogP contribution >= 0.6 is 0 Å². The molecule has 1 amide bonds. The van der Waals surface area contributed by atoms with Crippen LogP contribution in [0.15, 0.2) is 96.1 Å². The molecule has 0 aliphatic carbocycles. The van der Waals surface area contributed by atoms with Gasteiger partial charge in [0.2, 0.25) is 5.91 Å². The van der Waals surface area contributed by atoms with Crippen molar-refractivity contribution in [3.05, 3.63) is 107 Å². The van der Waals surface area contributed by atoms with Crippen LogP contribution in [0, 0.1) is 0 Å². The maximum Gasteiger partial charge on any atom is 0.267 e. The number of anilines is 1. The van der Waals surface area contributed by atoms with Crippen molar-refractivity contribution in [1.29, 1.82) is 0 Å². The van der Waals surface area contributed by atoms with Crippen molar-refractivity contribution in [2.75, 3.05) is 4.90 Å². The summed E-state index contributed by atoms with van der Waals surface area (Å²) >= 11 is 0. The molecule has 0 bridgehead atoms. The van der Waals surface area contributed by atoms with Gasteiger partial charge in [-0.15, -0.1) is 5.10 Å². The molecule has 0 fully saturated rings. The van der Waals surface area contributed by atoms with Gasteiger partial charge in [0.25, 0.3) is 5.56 Å². The van der Waals surface area contributed by atoms with Gasteiger partial charge in [-0.05, 0) is 29.8 Å². The maximum absolute atomic E-state index is 13.2. The van der Waals surface area contributed by atoms with E-state index in [0.717, 1.165) is 11.3 Å². The topological polar surface area (TPSA) is 73.0 Å². The van der Waals surface area contributed by atoms with Crippen molar-refractivity contribution in [2.24, 2.45) is 0 Å². The van der Waals surface area contributed by atoms with Crippen molar-refractivity contribution in [3.8, 4) is 5.82 Å². The molecule has 0 aliphatic heterocycles. The number of carbonyl (C=O) groups excluding carboxylic acids is 1. The van der Waals surface area contributed by atoms with E-state index < -0.39 is 0 Å². The van der Waals surface area contributed by atoms with Gasteiger partial charge in [-0.2, -0.15) is 5.10 Å². The van der Waals surface area contributed by atoms with Crippen LogP contribution in [0.5, 0.6) is 0 Å². The highest BCUT2D eigenvalue weighted by molar-refractivity contribution is 5.93. The molecular formula is C22H19N5O2. The summed E-state index contributed by atoms with van der Waals surface area (Å²) < 4.78 is 2.71. The van der Waals surface area contributed by atoms with Gasteiger partial charge in [0.15, 0.2) is 5.82 Å². The average molecular weight is 385 g/mol. The summed E-state index contributed by atoms with van der Waals surface area (Å²) in [7, 11) is 0. The summed E-state index contributed by atoms with van der Waals surface area (Å²) in [6.07, 6.45) is 3.35. The van der Waals surface area contributed by atoms with E-state index in [9.17, 15) is 9.59 Å². The minimum Gasteiger partial charge on any atom is -0.306 e. The Bertz CT molecular complexity index is 1140. The fourth-order valence-corrected chi connectivity index (χ4v) is 2.99. The van der Waals surface area contributed by atoms with Gasteiger partial charge in [-0.3, -0.25) is 9.59 Å². The van der Waals surface area contributed by atoms with Gasteiger partial charge in [0.1, 0.15) is 6.54 Å². The Balaban J connectivity index is 1.63. The summed E-state index contributed by atoms with van der Waals surface area (Å²) in [5.41, 5.74) is 1.41. The lowest BCUT2D eigenvalue weighted by Gasteiger charge is -2.23. The maximum atomic E-state index is 13.2. The second-order valence-electron chi connectivity index (χ2n) is 6.44. The summed E-state index contributed by atoms with van der Waals surface area (Å²) in [4.78, 5) is 27.1. The molecule has 4 aromatic rings. The first-order chi connectivity index (χ1) is 14.2. The molecule has 2 heterocycles. The van der Waals surface area contributed by atoms with Gasteiger partial charge in [0.05, 0.1) is 6.54 Å². The highest BCUT2D eigenvalue weighted by atomic mass is 16.2. The van der Waals surface area contributed by atoms with Gasteiger partial charge in [-0.25, -0.2) is 9.36 Å². The van der Waals surface area contributed by atoms with Crippen LogP contribution in [0.1, 0.15) is 5.56 Å². The lowest BCUT2D eigenvalue weighted by Crippen LogP contribution is -2.37. The van der Waals surface area contributed by atoms with E-state index in [0.29, 0.717) is 12.4 Å². The molecule has 0 saturated carbocycles. The average Bonchev–Trinajstić information content (AvgIpc) is 3.30. The zero-order valence-electron chi connectivity index (χ0n) is 15.6. The van der Waals surface area contributed by atoms with E-state index in [2.05, 4.69) is 10.2 Å². The summed E-state index contributed by atoms with van der Waals surface area (Å²) in [5, 5.41) is 8.41. The van der Waals surface area contributed by atoms with Gasteiger partial charge < -0.3 is 4.90 Å². The number of hydrogen-bond acceptors (Lipinski definition) is 4. The van der Waals surface area contributed by atoms with E-state index in [1.165, 1.54) is 10.7 Å². The predicted molar refractivity (Wildman–Crippen MR) is 110 cm³/mol. The number of rotatable bonds is 6. The Labute approximate surface area is 167 Å². The Hall–Kier alpha value is -4.00. The normalized spacial score (nSPS) is 10.6. The molecule has 0 N–H and O–H groups in total. The smallest absolute Gasteiger partial charge is 0.267 e. The van der Waals surface area contributed by atoms with Gasteiger partial charge in [0, 0.05) is 24.1 Å². The number of benzene rings is 2. The van der Waals surface area contributed by atoms with E-state index in [1.54, 1.807) is 34.1 Å². The van der Waals surface area contributed by atoms with Crippen LogP contribution in [0.25, 0.3) is 5.82 Å². The van der Waals surface area contributed by atoms with Crippen molar-refractivity contribution in [1.82, 2.24) is 19.6 Å². The van der Waals surface area contributed by atoms with E-state index in [1.807, 2.05) is 60.7 Å². The summed E-state index contributed by atoms with van der Waals surface area (Å²) in [5.74, 6) is 0.240. The molecule has 0 atom stereocenters. The SMILES string of the molecule is O=C(Cn1nc(-n2cccn2)ccc1=O)N(Cc1ccccc1)c1ccccc1. The largest absolute Gasteiger partial charge is 0.306 e. The molecule has 2 aromatic carbocycles. The van der Waals surface area contributed by atoms with Crippen LogP contribution in [0.2, 0.25) is 0 Å². The number of carbonyl (C=O) groups is 1. The number of hydrogen-bond donors (Lipinski definition) is 0. The minimum absolute atomic E-state index is 0.171. The van der Waals surface area contributed by atoms with Crippen molar-refractivity contribution >= 4 is 11.6 Å². The lowest BCUT2D eigenvalue weighted by molar-refractivity contribution is -0.119. The highest BCUT2D eigenvalue weighted by Gasteiger charge is 2.18. The standard InChI is InChI=1S/C22H19N5O2/c28-21-13-12-20(26-15-7-14-23-26)24-27(21)17-22(29)25(19-10-5-2-6-11-19)16-18-8-3-1-4-9-18/h1-15H,16-17H2. The zero-order chi connectivity index (χ0) is 20.1. The van der Waals surface area contributed by atoms with Crippen molar-refractivity contribution in [2.45, 2.75) is 13.1 Å². The molecule has 0 aliphatic rings. The third-order valence-electron chi connectivity index (χ3n) is 4.43. The fourth-order valence-electron chi connectivity index (χ4n) is 2.99. The second kappa shape index (κ2) is 8.35. The number of aromatic nitrogens is 4. The second-order valence-corrected chi connectivity index (χ2v) is 6.44. The Morgan fingerprint density at radius 2 is 1.62 bits per heavy atom. The van der Waals surface area contributed by atoms with Crippen LogP contribution in [0.4, 0.5) is 5.69 Å². The Morgan fingerprint density at radius 1 is 0.897 bits per heavy atom. The molecule has 4 rings (SSSR count). The minimum atomic E-state index is -0.345. The third-order valence-corrected chi connectivity index (χ3v) is 4.43. The Morgan fingerprint density at radius 3 is 2.31 bits per heavy atom. The number of para-hydroxylation sites is 1. The number of amides is 1. The lowest BCUT2D eigenvalue weighted by atomic mass is 10.2. The first-order valence-electron chi connectivity index (χ1n) is 9.18. The van der Waals surface area contributed by atoms with Crippen molar-refractivity contribution < 1.29 is 4.79 Å². The molecule has 0 unspecified atom stereocenters. The molecular weight excluding hydrogens is 366 g/mol. The molecule has 0 spiro atoms. The molecule has 29 heavy (non-hydrogen) atoms. The first-order valence-corrected chi connectivity index (χ1v) is 9.18. The predicted octanol–water partition coefficient (Wildman–Crippen LogP) is 2.66. The fraction of sp³-hybridized carbons (Fsp3) is 0.0909. The van der Waals surface area contributed by atoms with E-state index in [-0.39, 0.29) is 18.0 Å².